The lowest BCUT2D eigenvalue weighted by molar-refractivity contribution is -0.137. The van der Waals surface area contributed by atoms with E-state index in [9.17, 15) is 14.4 Å². The van der Waals surface area contributed by atoms with E-state index in [0.717, 1.165) is 4.88 Å². The van der Waals surface area contributed by atoms with E-state index >= 15 is 0 Å². The van der Waals surface area contributed by atoms with Gasteiger partial charge in [0.15, 0.2) is 0 Å². The van der Waals surface area contributed by atoms with Crippen molar-refractivity contribution in [1.29, 1.82) is 0 Å². The van der Waals surface area contributed by atoms with E-state index in [4.69, 9.17) is 21.1 Å². The normalized spacial score (nSPS) is 11.0. The van der Waals surface area contributed by atoms with Gasteiger partial charge in [0.2, 0.25) is 0 Å². The number of aromatic nitrogens is 3. The summed E-state index contributed by atoms with van der Waals surface area (Å²) in [5, 5.41) is 13.3. The number of hydrogen-bond acceptors (Lipinski definition) is 6. The van der Waals surface area contributed by atoms with E-state index < -0.39 is 5.97 Å². The molecular weight excluding hydrogens is 454 g/mol. The highest BCUT2D eigenvalue weighted by Gasteiger charge is 2.20. The fourth-order valence-electron chi connectivity index (χ4n) is 3.28. The number of carboxylic acid groups (broad SMARTS) is 1. The molecule has 4 aromatic heterocycles. The molecule has 0 saturated heterocycles. The van der Waals surface area contributed by atoms with Gasteiger partial charge in [-0.3, -0.25) is 14.4 Å². The first-order valence-electron chi connectivity index (χ1n) is 9.74. The Morgan fingerprint density at radius 1 is 1.19 bits per heavy atom. The summed E-state index contributed by atoms with van der Waals surface area (Å²) in [6.07, 6.45) is 5.26. The van der Waals surface area contributed by atoms with Crippen LogP contribution in [0.5, 0.6) is 0 Å². The lowest BCUT2D eigenvalue weighted by atomic mass is 10.1. The number of carbonyl (C=O) groups is 2. The van der Waals surface area contributed by atoms with E-state index in [-0.39, 0.29) is 30.0 Å². The molecule has 4 heterocycles. The molecule has 0 radical (unpaired) electrons. The number of thiophene rings is 1. The molecule has 0 saturated carbocycles. The van der Waals surface area contributed by atoms with Gasteiger partial charge in [0.1, 0.15) is 6.26 Å². The summed E-state index contributed by atoms with van der Waals surface area (Å²) in [5.41, 5.74) is 1.24. The van der Waals surface area contributed by atoms with Crippen LogP contribution < -0.4 is 5.56 Å². The second-order valence-electron chi connectivity index (χ2n) is 7.02. The minimum absolute atomic E-state index is 0.0443. The molecule has 164 valence electrons. The molecule has 0 bridgehead atoms. The molecule has 1 N–H and O–H groups in total. The highest BCUT2D eigenvalue weighted by Crippen LogP contribution is 2.24. The number of aliphatic carboxylic acids is 1. The van der Waals surface area contributed by atoms with Crippen LogP contribution in [0.4, 0.5) is 0 Å². The molecule has 4 rings (SSSR count). The Bertz CT molecular complexity index is 1320. The van der Waals surface area contributed by atoms with E-state index in [1.54, 1.807) is 24.3 Å². The summed E-state index contributed by atoms with van der Waals surface area (Å²) < 4.78 is 8.32. The molecule has 32 heavy (non-hydrogen) atoms. The van der Waals surface area contributed by atoms with Crippen LogP contribution in [0.15, 0.2) is 64.3 Å². The van der Waals surface area contributed by atoms with Gasteiger partial charge in [0.25, 0.3) is 11.5 Å². The maximum absolute atomic E-state index is 13.0. The third-order valence-corrected chi connectivity index (χ3v) is 6.15. The van der Waals surface area contributed by atoms with Gasteiger partial charge in [0, 0.05) is 23.3 Å². The number of pyridine rings is 1. The maximum Gasteiger partial charge on any atom is 0.305 e. The van der Waals surface area contributed by atoms with Crippen LogP contribution in [0.2, 0.25) is 4.34 Å². The number of carbonyl (C=O) groups excluding carboxylic acids is 1. The van der Waals surface area contributed by atoms with Crippen molar-refractivity contribution in [3.63, 3.8) is 0 Å². The first-order valence-corrected chi connectivity index (χ1v) is 10.9. The van der Waals surface area contributed by atoms with Crippen LogP contribution >= 0.6 is 22.9 Å². The Morgan fingerprint density at radius 2 is 2.03 bits per heavy atom. The largest absolute Gasteiger partial charge is 0.481 e. The lowest BCUT2D eigenvalue weighted by Gasteiger charge is -2.05. The van der Waals surface area contributed by atoms with Crippen LogP contribution in [0.1, 0.15) is 27.3 Å². The summed E-state index contributed by atoms with van der Waals surface area (Å²) in [5.74, 6) is -1.36. The Morgan fingerprint density at radius 3 is 2.72 bits per heavy atom. The fourth-order valence-corrected chi connectivity index (χ4v) is 4.36. The monoisotopic (exact) mass is 471 g/mol. The number of furan rings is 1. The van der Waals surface area contributed by atoms with Gasteiger partial charge in [0.05, 0.1) is 33.8 Å². The summed E-state index contributed by atoms with van der Waals surface area (Å²) in [7, 11) is 0. The van der Waals surface area contributed by atoms with Crippen LogP contribution in [-0.2, 0) is 24.2 Å². The molecule has 0 unspecified atom stereocenters. The highest BCUT2D eigenvalue weighted by atomic mass is 35.5. The molecular formula is C22H18ClN3O5S. The number of rotatable bonds is 8. The van der Waals surface area contributed by atoms with Crippen molar-refractivity contribution in [3.8, 4) is 11.3 Å². The second kappa shape index (κ2) is 9.37. The van der Waals surface area contributed by atoms with Crippen molar-refractivity contribution in [2.75, 3.05) is 0 Å². The van der Waals surface area contributed by atoms with Crippen molar-refractivity contribution in [3.05, 3.63) is 85.9 Å². The molecule has 0 amide bonds. The van der Waals surface area contributed by atoms with Gasteiger partial charge in [-0.05, 0) is 49.2 Å². The molecule has 0 aromatic carbocycles. The zero-order chi connectivity index (χ0) is 22.7. The summed E-state index contributed by atoms with van der Waals surface area (Å²) in [4.78, 5) is 37.8. The van der Waals surface area contributed by atoms with Crippen LogP contribution in [-0.4, -0.2) is 31.3 Å². The average Bonchev–Trinajstić information content (AvgIpc) is 3.52. The summed E-state index contributed by atoms with van der Waals surface area (Å²) in [6, 6.07) is 10.3. The fraction of sp³-hybridized carbons (Fsp3) is 0.182. The number of nitrogens with zero attached hydrogens (tertiary/aromatic N) is 3. The molecule has 0 aliphatic carbocycles. The third-order valence-electron chi connectivity index (χ3n) is 4.86. The van der Waals surface area contributed by atoms with E-state index in [2.05, 4.69) is 5.10 Å². The Balaban J connectivity index is 1.70. The summed E-state index contributed by atoms with van der Waals surface area (Å²) in [6.45, 7) is 0.0443. The van der Waals surface area contributed by atoms with Crippen molar-refractivity contribution in [1.82, 2.24) is 14.3 Å². The van der Waals surface area contributed by atoms with Gasteiger partial charge < -0.3 is 14.1 Å². The van der Waals surface area contributed by atoms with E-state index in [0.29, 0.717) is 34.1 Å². The van der Waals surface area contributed by atoms with Crippen LogP contribution in [0.25, 0.3) is 11.3 Å². The van der Waals surface area contributed by atoms with Crippen LogP contribution in [0.3, 0.4) is 0 Å². The van der Waals surface area contributed by atoms with Gasteiger partial charge in [-0.25, -0.2) is 4.68 Å². The quantitative estimate of drug-likeness (QED) is 0.416. The Kier molecular flexibility index (Phi) is 6.38. The molecule has 4 aromatic rings. The van der Waals surface area contributed by atoms with Gasteiger partial charge >= 0.3 is 5.97 Å². The first-order chi connectivity index (χ1) is 15.4. The number of aryl methyl sites for hydroxylation is 3. The summed E-state index contributed by atoms with van der Waals surface area (Å²) >= 11 is 7.48. The first kappa shape index (κ1) is 21.8. The zero-order valence-corrected chi connectivity index (χ0v) is 18.3. The van der Waals surface area contributed by atoms with Crippen molar-refractivity contribution >= 4 is 34.8 Å². The van der Waals surface area contributed by atoms with Crippen LogP contribution in [0, 0.1) is 0 Å². The number of carboxylic acids is 1. The third kappa shape index (κ3) is 4.74. The minimum atomic E-state index is -0.992. The molecule has 0 atom stereocenters. The van der Waals surface area contributed by atoms with Crippen molar-refractivity contribution < 1.29 is 19.1 Å². The minimum Gasteiger partial charge on any atom is -0.481 e. The number of halogens is 1. The zero-order valence-electron chi connectivity index (χ0n) is 16.7. The molecule has 0 spiro atoms. The molecule has 10 heteroatoms. The highest BCUT2D eigenvalue weighted by molar-refractivity contribution is 7.16. The SMILES string of the molecule is O=C(O)CCn1cccc(-c2cc(CCc3ccc(Cl)s3)n(C(=O)c3ccoc3)n2)c1=O. The lowest BCUT2D eigenvalue weighted by Crippen LogP contribution is -2.22. The van der Waals surface area contributed by atoms with Gasteiger partial charge in [-0.1, -0.05) is 11.6 Å². The van der Waals surface area contributed by atoms with E-state index in [1.165, 1.54) is 39.3 Å². The maximum atomic E-state index is 13.0. The molecule has 0 fully saturated rings. The van der Waals surface area contributed by atoms with E-state index in [1.807, 2.05) is 12.1 Å². The standard InChI is InChI=1S/C22H18ClN3O5S/c23-19-6-5-16(32-19)4-3-15-12-18(24-26(15)21(29)14-8-11-31-13-14)17-2-1-9-25(22(17)30)10-7-20(27)28/h1-2,5-6,8-9,11-13H,3-4,7,10H2,(H,27,28). The molecule has 0 aliphatic rings. The molecule has 8 nitrogen and oxygen atoms in total. The Hall–Kier alpha value is -3.43. The second-order valence-corrected chi connectivity index (χ2v) is 8.82. The predicted octanol–water partition coefficient (Wildman–Crippen LogP) is 3.97. The van der Waals surface area contributed by atoms with Gasteiger partial charge in [-0.2, -0.15) is 5.10 Å². The average molecular weight is 472 g/mol. The predicted molar refractivity (Wildman–Crippen MR) is 119 cm³/mol. The number of hydrogen-bond donors (Lipinski definition) is 1. The van der Waals surface area contributed by atoms with Crippen molar-refractivity contribution in [2.24, 2.45) is 0 Å². The Labute approximate surface area is 191 Å². The smallest absolute Gasteiger partial charge is 0.305 e. The van der Waals surface area contributed by atoms with Crippen molar-refractivity contribution in [2.45, 2.75) is 25.8 Å². The van der Waals surface area contributed by atoms with Gasteiger partial charge in [-0.15, -0.1) is 11.3 Å². The molecule has 0 aliphatic heterocycles. The topological polar surface area (TPSA) is 107 Å².